The van der Waals surface area contributed by atoms with Gasteiger partial charge in [-0.1, -0.05) is 15.9 Å². The minimum absolute atomic E-state index is 0.0288. The Hall–Kier alpha value is -1.07. The van der Waals surface area contributed by atoms with E-state index in [2.05, 4.69) is 22.0 Å². The lowest BCUT2D eigenvalue weighted by Gasteiger charge is -2.24. The molecule has 5 heteroatoms. The predicted octanol–water partition coefficient (Wildman–Crippen LogP) is 2.16. The van der Waals surface area contributed by atoms with E-state index >= 15 is 0 Å². The van der Waals surface area contributed by atoms with Crippen molar-refractivity contribution in [3.63, 3.8) is 0 Å². The van der Waals surface area contributed by atoms with Gasteiger partial charge in [0.1, 0.15) is 17.9 Å². The number of ether oxygens (including phenoxy) is 1. The number of aliphatic carboxylic acids is 1. The van der Waals surface area contributed by atoms with Crippen LogP contribution in [-0.2, 0) is 11.2 Å². The molecule has 1 aromatic rings. The first-order valence-corrected chi connectivity index (χ1v) is 6.65. The molecule has 98 valence electrons. The first kappa shape index (κ1) is 13.4. The third-order valence-corrected chi connectivity index (χ3v) is 3.77. The Kier molecular flexibility index (Phi) is 3.92. The monoisotopic (exact) mass is 313 g/mol. The fourth-order valence-electron chi connectivity index (χ4n) is 2.06. The first-order valence-electron chi connectivity index (χ1n) is 5.85. The molecule has 1 aliphatic heterocycles. The number of carboxylic acid groups (broad SMARTS) is 1. The third-order valence-electron chi connectivity index (χ3n) is 3.27. The molecule has 18 heavy (non-hydrogen) atoms. The van der Waals surface area contributed by atoms with Gasteiger partial charge in [-0.05, 0) is 37.7 Å². The fraction of sp³-hybridized carbons (Fsp3) is 0.462. The highest BCUT2D eigenvalue weighted by Crippen LogP contribution is 2.31. The van der Waals surface area contributed by atoms with Crippen molar-refractivity contribution in [2.45, 2.75) is 25.5 Å². The minimum atomic E-state index is -0.809. The van der Waals surface area contributed by atoms with Gasteiger partial charge in [0, 0.05) is 17.4 Å². The van der Waals surface area contributed by atoms with E-state index in [0.29, 0.717) is 6.54 Å². The third kappa shape index (κ3) is 2.84. The topological polar surface area (TPSA) is 49.8 Å². The number of carboxylic acids is 1. The van der Waals surface area contributed by atoms with E-state index in [1.54, 1.807) is 18.9 Å². The Labute approximate surface area is 115 Å². The maximum absolute atomic E-state index is 10.9. The van der Waals surface area contributed by atoms with Crippen molar-refractivity contribution in [2.75, 3.05) is 13.6 Å². The molecule has 0 spiro atoms. The SMILES string of the molecule is CC(C(=O)O)N(C)CC1Cc2cc(Br)ccc2O1. The van der Waals surface area contributed by atoms with Gasteiger partial charge in [-0.3, -0.25) is 9.69 Å². The van der Waals surface area contributed by atoms with Crippen LogP contribution in [0, 0.1) is 0 Å². The zero-order valence-corrected chi connectivity index (χ0v) is 12.0. The van der Waals surface area contributed by atoms with Gasteiger partial charge in [0.2, 0.25) is 0 Å². The molecular formula is C13H16BrNO3. The highest BCUT2D eigenvalue weighted by atomic mass is 79.9. The molecule has 0 aliphatic carbocycles. The molecule has 4 nitrogen and oxygen atoms in total. The van der Waals surface area contributed by atoms with Crippen molar-refractivity contribution >= 4 is 21.9 Å². The van der Waals surface area contributed by atoms with Gasteiger partial charge < -0.3 is 9.84 Å². The molecule has 2 unspecified atom stereocenters. The molecule has 0 aromatic heterocycles. The van der Waals surface area contributed by atoms with Gasteiger partial charge in [0.15, 0.2) is 0 Å². The van der Waals surface area contributed by atoms with Crippen LogP contribution in [0.15, 0.2) is 22.7 Å². The molecule has 1 N–H and O–H groups in total. The number of hydrogen-bond donors (Lipinski definition) is 1. The minimum Gasteiger partial charge on any atom is -0.488 e. The molecule has 1 aliphatic rings. The molecule has 1 heterocycles. The molecule has 0 fully saturated rings. The number of hydrogen-bond acceptors (Lipinski definition) is 3. The van der Waals surface area contributed by atoms with Gasteiger partial charge in [0.25, 0.3) is 0 Å². The maximum atomic E-state index is 10.9. The number of fused-ring (bicyclic) bond motifs is 1. The molecule has 0 bridgehead atoms. The lowest BCUT2D eigenvalue weighted by molar-refractivity contribution is -0.142. The molecule has 2 atom stereocenters. The van der Waals surface area contributed by atoms with E-state index in [9.17, 15) is 4.79 Å². The summed E-state index contributed by atoms with van der Waals surface area (Å²) in [7, 11) is 1.81. The van der Waals surface area contributed by atoms with Gasteiger partial charge >= 0.3 is 5.97 Å². The van der Waals surface area contributed by atoms with E-state index in [4.69, 9.17) is 9.84 Å². The average molecular weight is 314 g/mol. The summed E-state index contributed by atoms with van der Waals surface area (Å²) in [4.78, 5) is 12.7. The molecule has 0 amide bonds. The van der Waals surface area contributed by atoms with E-state index in [1.807, 2.05) is 12.1 Å². The standard InChI is InChI=1S/C13H16BrNO3/c1-8(13(16)17)15(2)7-11-6-9-5-10(14)3-4-12(9)18-11/h3-5,8,11H,6-7H2,1-2H3,(H,16,17). The van der Waals surface area contributed by atoms with E-state index < -0.39 is 12.0 Å². The van der Waals surface area contributed by atoms with E-state index in [1.165, 1.54) is 5.56 Å². The summed E-state index contributed by atoms with van der Waals surface area (Å²) in [6.45, 7) is 2.29. The van der Waals surface area contributed by atoms with Gasteiger partial charge in [-0.25, -0.2) is 0 Å². The fourth-order valence-corrected chi connectivity index (χ4v) is 2.47. The molecule has 0 radical (unpaired) electrons. The summed E-state index contributed by atoms with van der Waals surface area (Å²) in [5.41, 5.74) is 1.17. The molecular weight excluding hydrogens is 298 g/mol. The van der Waals surface area contributed by atoms with Crippen molar-refractivity contribution in [1.82, 2.24) is 4.90 Å². The van der Waals surface area contributed by atoms with Gasteiger partial charge in [-0.2, -0.15) is 0 Å². The summed E-state index contributed by atoms with van der Waals surface area (Å²) >= 11 is 3.43. The van der Waals surface area contributed by atoms with Crippen LogP contribution in [0.3, 0.4) is 0 Å². The summed E-state index contributed by atoms with van der Waals surface area (Å²) in [6.07, 6.45) is 0.854. The Morgan fingerprint density at radius 3 is 3.06 bits per heavy atom. The normalized spacial score (nSPS) is 19.4. The highest BCUT2D eigenvalue weighted by molar-refractivity contribution is 9.10. The van der Waals surface area contributed by atoms with Crippen LogP contribution in [0.25, 0.3) is 0 Å². The smallest absolute Gasteiger partial charge is 0.320 e. The summed E-state index contributed by atoms with van der Waals surface area (Å²) < 4.78 is 6.85. The molecule has 0 saturated heterocycles. The Bertz CT molecular complexity index is 464. The second kappa shape index (κ2) is 5.28. The lowest BCUT2D eigenvalue weighted by Crippen LogP contribution is -2.41. The lowest BCUT2D eigenvalue weighted by atomic mass is 10.1. The van der Waals surface area contributed by atoms with Crippen molar-refractivity contribution in [2.24, 2.45) is 0 Å². The van der Waals surface area contributed by atoms with E-state index in [0.717, 1.165) is 16.6 Å². The Balaban J connectivity index is 1.97. The van der Waals surface area contributed by atoms with E-state index in [-0.39, 0.29) is 6.10 Å². The van der Waals surface area contributed by atoms with Gasteiger partial charge in [-0.15, -0.1) is 0 Å². The number of halogens is 1. The second-order valence-electron chi connectivity index (χ2n) is 4.65. The van der Waals surface area contributed by atoms with Crippen LogP contribution in [0.4, 0.5) is 0 Å². The Morgan fingerprint density at radius 1 is 1.67 bits per heavy atom. The van der Waals surface area contributed by atoms with Crippen LogP contribution in [0.5, 0.6) is 5.75 Å². The molecule has 0 saturated carbocycles. The zero-order valence-electron chi connectivity index (χ0n) is 10.4. The van der Waals surface area contributed by atoms with Crippen LogP contribution in [0.1, 0.15) is 12.5 Å². The van der Waals surface area contributed by atoms with Crippen LogP contribution in [-0.4, -0.2) is 41.7 Å². The number of carbonyl (C=O) groups is 1. The van der Waals surface area contributed by atoms with Crippen molar-refractivity contribution in [3.8, 4) is 5.75 Å². The van der Waals surface area contributed by atoms with Crippen LogP contribution in [0.2, 0.25) is 0 Å². The van der Waals surface area contributed by atoms with Gasteiger partial charge in [0.05, 0.1) is 0 Å². The number of nitrogens with zero attached hydrogens (tertiary/aromatic N) is 1. The van der Waals surface area contributed by atoms with Crippen LogP contribution < -0.4 is 4.74 Å². The highest BCUT2D eigenvalue weighted by Gasteiger charge is 2.27. The number of rotatable bonds is 4. The van der Waals surface area contributed by atoms with Crippen LogP contribution >= 0.6 is 15.9 Å². The second-order valence-corrected chi connectivity index (χ2v) is 5.57. The average Bonchev–Trinajstić information content (AvgIpc) is 2.68. The van der Waals surface area contributed by atoms with Crippen molar-refractivity contribution < 1.29 is 14.6 Å². The summed E-state index contributed by atoms with van der Waals surface area (Å²) in [6, 6.07) is 5.45. The molecule has 1 aromatic carbocycles. The molecule has 2 rings (SSSR count). The maximum Gasteiger partial charge on any atom is 0.320 e. The summed E-state index contributed by atoms with van der Waals surface area (Å²) in [5.74, 6) is 0.0929. The number of benzene rings is 1. The summed E-state index contributed by atoms with van der Waals surface area (Å²) in [5, 5.41) is 8.95. The predicted molar refractivity (Wildman–Crippen MR) is 72.0 cm³/mol. The first-order chi connectivity index (χ1) is 8.47. The van der Waals surface area contributed by atoms with Crippen molar-refractivity contribution in [3.05, 3.63) is 28.2 Å². The largest absolute Gasteiger partial charge is 0.488 e. The quantitative estimate of drug-likeness (QED) is 0.925. The number of likely N-dealkylation sites (N-methyl/N-ethyl adjacent to an activating group) is 1. The Morgan fingerprint density at radius 2 is 2.39 bits per heavy atom. The zero-order chi connectivity index (χ0) is 13.3. The van der Waals surface area contributed by atoms with Crippen molar-refractivity contribution in [1.29, 1.82) is 0 Å².